The third kappa shape index (κ3) is 3.85. The Hall–Kier alpha value is -1.30. The number of benzene rings is 1. The Labute approximate surface area is 120 Å². The van der Waals surface area contributed by atoms with Crippen LogP contribution in [0.4, 0.5) is 0 Å². The molecule has 20 heavy (non-hydrogen) atoms. The summed E-state index contributed by atoms with van der Waals surface area (Å²) in [5, 5.41) is 0. The zero-order chi connectivity index (χ0) is 14.4. The minimum atomic E-state index is -0.249. The summed E-state index contributed by atoms with van der Waals surface area (Å²) in [5.41, 5.74) is 7.07. The van der Waals surface area contributed by atoms with Crippen molar-refractivity contribution >= 4 is 0 Å². The maximum Gasteiger partial charge on any atom is 0.123 e. The highest BCUT2D eigenvalue weighted by Gasteiger charge is 2.18. The Morgan fingerprint density at radius 2 is 2.20 bits per heavy atom. The van der Waals surface area contributed by atoms with Crippen LogP contribution >= 0.6 is 0 Å². The number of hydrogen-bond donors (Lipinski definition) is 1. The van der Waals surface area contributed by atoms with Gasteiger partial charge in [0.2, 0.25) is 0 Å². The lowest BCUT2D eigenvalue weighted by molar-refractivity contribution is 0.0127. The average Bonchev–Trinajstić information content (AvgIpc) is 2.99. The highest BCUT2D eigenvalue weighted by molar-refractivity contribution is 5.42. The second-order valence-electron chi connectivity index (χ2n) is 4.89. The van der Waals surface area contributed by atoms with Gasteiger partial charge in [-0.1, -0.05) is 0 Å². The molecule has 112 valence electrons. The number of hydrogen-bond acceptors (Lipinski definition) is 5. The summed E-state index contributed by atoms with van der Waals surface area (Å²) in [6, 6.07) is 5.34. The maximum atomic E-state index is 6.18. The smallest absolute Gasteiger partial charge is 0.123 e. The number of methoxy groups -OCH3 is 2. The second kappa shape index (κ2) is 7.47. The van der Waals surface area contributed by atoms with Crippen molar-refractivity contribution in [1.82, 2.24) is 0 Å². The highest BCUT2D eigenvalue weighted by Crippen LogP contribution is 2.28. The molecule has 0 saturated carbocycles. The van der Waals surface area contributed by atoms with Gasteiger partial charge in [-0.2, -0.15) is 0 Å². The molecule has 0 bridgehead atoms. The Morgan fingerprint density at radius 1 is 1.35 bits per heavy atom. The van der Waals surface area contributed by atoms with Gasteiger partial charge in [-0.05, 0) is 31.0 Å². The fourth-order valence-electron chi connectivity index (χ4n) is 2.32. The number of ether oxygens (including phenoxy) is 4. The van der Waals surface area contributed by atoms with Gasteiger partial charge in [0.25, 0.3) is 0 Å². The third-order valence-corrected chi connectivity index (χ3v) is 3.46. The van der Waals surface area contributed by atoms with Gasteiger partial charge in [0.15, 0.2) is 0 Å². The lowest BCUT2D eigenvalue weighted by Crippen LogP contribution is -2.22. The predicted molar refractivity (Wildman–Crippen MR) is 76.3 cm³/mol. The molecule has 0 radical (unpaired) electrons. The van der Waals surface area contributed by atoms with E-state index in [0.29, 0.717) is 13.2 Å². The molecule has 1 aromatic rings. The second-order valence-corrected chi connectivity index (χ2v) is 4.89. The van der Waals surface area contributed by atoms with Gasteiger partial charge in [-0.15, -0.1) is 0 Å². The Bertz CT molecular complexity index is 418. The summed E-state index contributed by atoms with van der Waals surface area (Å²) in [4.78, 5) is 0. The largest absolute Gasteiger partial charge is 0.497 e. The Morgan fingerprint density at radius 3 is 2.85 bits per heavy atom. The zero-order valence-corrected chi connectivity index (χ0v) is 12.1. The summed E-state index contributed by atoms with van der Waals surface area (Å²) in [5.74, 6) is 1.51. The monoisotopic (exact) mass is 281 g/mol. The first-order chi connectivity index (χ1) is 9.74. The molecule has 1 aliphatic rings. The predicted octanol–water partition coefficient (Wildman–Crippen LogP) is 1.90. The first-order valence-corrected chi connectivity index (χ1v) is 6.91. The molecule has 1 aromatic carbocycles. The SMILES string of the molecule is COc1ccc(OC)c(C(N)COCC2CCCO2)c1. The molecular weight excluding hydrogens is 258 g/mol. The molecule has 5 nitrogen and oxygen atoms in total. The molecule has 1 heterocycles. The lowest BCUT2D eigenvalue weighted by Gasteiger charge is -2.18. The van der Waals surface area contributed by atoms with Crippen molar-refractivity contribution in [2.24, 2.45) is 5.73 Å². The van der Waals surface area contributed by atoms with E-state index >= 15 is 0 Å². The van der Waals surface area contributed by atoms with E-state index in [1.54, 1.807) is 14.2 Å². The van der Waals surface area contributed by atoms with E-state index < -0.39 is 0 Å². The summed E-state index contributed by atoms with van der Waals surface area (Å²) in [7, 11) is 3.26. The Kier molecular flexibility index (Phi) is 5.64. The van der Waals surface area contributed by atoms with Gasteiger partial charge in [0, 0.05) is 12.2 Å². The first kappa shape index (κ1) is 15.1. The summed E-state index contributed by atoms with van der Waals surface area (Å²) in [6.07, 6.45) is 2.40. The van der Waals surface area contributed by atoms with Crippen LogP contribution in [0.3, 0.4) is 0 Å². The normalized spacial score (nSPS) is 19.9. The van der Waals surface area contributed by atoms with E-state index in [0.717, 1.165) is 36.5 Å². The molecule has 2 unspecified atom stereocenters. The lowest BCUT2D eigenvalue weighted by atomic mass is 10.1. The summed E-state index contributed by atoms with van der Waals surface area (Å²) < 4.78 is 21.7. The van der Waals surface area contributed by atoms with Gasteiger partial charge in [-0.25, -0.2) is 0 Å². The van der Waals surface area contributed by atoms with E-state index in [-0.39, 0.29) is 12.1 Å². The van der Waals surface area contributed by atoms with E-state index in [1.807, 2.05) is 18.2 Å². The van der Waals surface area contributed by atoms with Gasteiger partial charge in [-0.3, -0.25) is 0 Å². The third-order valence-electron chi connectivity index (χ3n) is 3.46. The van der Waals surface area contributed by atoms with Crippen LogP contribution in [0.15, 0.2) is 18.2 Å². The highest BCUT2D eigenvalue weighted by atomic mass is 16.5. The molecule has 2 N–H and O–H groups in total. The van der Waals surface area contributed by atoms with Crippen LogP contribution in [0.1, 0.15) is 24.4 Å². The van der Waals surface area contributed by atoms with Crippen molar-refractivity contribution in [2.75, 3.05) is 34.0 Å². The van der Waals surface area contributed by atoms with Gasteiger partial charge >= 0.3 is 0 Å². The number of nitrogens with two attached hydrogens (primary N) is 1. The van der Waals surface area contributed by atoms with E-state index in [9.17, 15) is 0 Å². The molecule has 0 aliphatic carbocycles. The number of rotatable bonds is 7. The fourth-order valence-corrected chi connectivity index (χ4v) is 2.32. The average molecular weight is 281 g/mol. The quantitative estimate of drug-likeness (QED) is 0.827. The Balaban J connectivity index is 1.91. The van der Waals surface area contributed by atoms with Crippen molar-refractivity contribution in [3.05, 3.63) is 23.8 Å². The minimum absolute atomic E-state index is 0.217. The molecule has 2 rings (SSSR count). The van der Waals surface area contributed by atoms with Crippen molar-refractivity contribution in [3.8, 4) is 11.5 Å². The standard InChI is InChI=1S/C15H23NO4/c1-17-11-5-6-15(18-2)13(8-11)14(16)10-19-9-12-4-3-7-20-12/h5-6,8,12,14H,3-4,7,9-10,16H2,1-2H3. The van der Waals surface area contributed by atoms with Crippen molar-refractivity contribution in [3.63, 3.8) is 0 Å². The minimum Gasteiger partial charge on any atom is -0.497 e. The summed E-state index contributed by atoms with van der Waals surface area (Å²) >= 11 is 0. The molecule has 1 fully saturated rings. The summed E-state index contributed by atoms with van der Waals surface area (Å²) in [6.45, 7) is 1.87. The van der Waals surface area contributed by atoms with Crippen LogP contribution in [-0.4, -0.2) is 40.1 Å². The molecular formula is C15H23NO4. The van der Waals surface area contributed by atoms with Gasteiger partial charge in [0.05, 0.1) is 39.6 Å². The molecule has 1 saturated heterocycles. The van der Waals surface area contributed by atoms with E-state index in [1.165, 1.54) is 0 Å². The molecule has 1 aliphatic heterocycles. The van der Waals surface area contributed by atoms with Crippen molar-refractivity contribution < 1.29 is 18.9 Å². The van der Waals surface area contributed by atoms with Crippen molar-refractivity contribution in [2.45, 2.75) is 25.0 Å². The molecule has 0 spiro atoms. The van der Waals surface area contributed by atoms with Crippen LogP contribution in [-0.2, 0) is 9.47 Å². The van der Waals surface area contributed by atoms with Crippen LogP contribution in [0.5, 0.6) is 11.5 Å². The molecule has 0 aromatic heterocycles. The van der Waals surface area contributed by atoms with Gasteiger partial charge in [0.1, 0.15) is 11.5 Å². The van der Waals surface area contributed by atoms with Crippen LogP contribution in [0.25, 0.3) is 0 Å². The molecule has 2 atom stereocenters. The topological polar surface area (TPSA) is 62.9 Å². The van der Waals surface area contributed by atoms with Gasteiger partial charge < -0.3 is 24.7 Å². The fraction of sp³-hybridized carbons (Fsp3) is 0.600. The zero-order valence-electron chi connectivity index (χ0n) is 12.1. The van der Waals surface area contributed by atoms with E-state index in [2.05, 4.69) is 0 Å². The molecule has 5 heteroatoms. The van der Waals surface area contributed by atoms with Crippen LogP contribution in [0.2, 0.25) is 0 Å². The van der Waals surface area contributed by atoms with Crippen LogP contribution < -0.4 is 15.2 Å². The van der Waals surface area contributed by atoms with E-state index in [4.69, 9.17) is 24.7 Å². The van der Waals surface area contributed by atoms with Crippen molar-refractivity contribution in [1.29, 1.82) is 0 Å². The molecule has 0 amide bonds. The maximum absolute atomic E-state index is 6.18. The first-order valence-electron chi connectivity index (χ1n) is 6.91. The van der Waals surface area contributed by atoms with Crippen LogP contribution in [0, 0.1) is 0 Å².